The fourth-order valence-corrected chi connectivity index (χ4v) is 2.87. The zero-order valence-corrected chi connectivity index (χ0v) is 10.1. The monoisotopic (exact) mass is 232 g/mol. The lowest BCUT2D eigenvalue weighted by molar-refractivity contribution is 0.221. The molecule has 1 aromatic rings. The van der Waals surface area contributed by atoms with Crippen LogP contribution in [0.5, 0.6) is 5.75 Å². The molecule has 17 heavy (non-hydrogen) atoms. The Morgan fingerprint density at radius 1 is 1.29 bits per heavy atom. The second-order valence-corrected chi connectivity index (χ2v) is 5.23. The summed E-state index contributed by atoms with van der Waals surface area (Å²) < 4.78 is 5.90. The van der Waals surface area contributed by atoms with E-state index in [1.165, 1.54) is 12.0 Å². The summed E-state index contributed by atoms with van der Waals surface area (Å²) in [5.41, 5.74) is 7.24. The van der Waals surface area contributed by atoms with E-state index in [0.717, 1.165) is 31.6 Å². The van der Waals surface area contributed by atoms with Crippen molar-refractivity contribution >= 4 is 0 Å². The van der Waals surface area contributed by atoms with Crippen LogP contribution in [-0.4, -0.2) is 24.7 Å². The molecule has 1 saturated carbocycles. The number of nitrogens with two attached hydrogens (primary N) is 1. The number of hydrogen-bond acceptors (Lipinski definition) is 3. The molecule has 0 amide bonds. The largest absolute Gasteiger partial charge is 0.488 e. The first-order valence-corrected chi connectivity index (χ1v) is 6.55. The van der Waals surface area contributed by atoms with E-state index in [1.807, 2.05) is 6.07 Å². The second kappa shape index (κ2) is 4.67. The fraction of sp³-hybridized carbons (Fsp3) is 0.571. The van der Waals surface area contributed by atoms with Gasteiger partial charge in [-0.3, -0.25) is 0 Å². The molecule has 3 unspecified atom stereocenters. The first-order valence-electron chi connectivity index (χ1n) is 6.55. The first kappa shape index (κ1) is 11.1. The van der Waals surface area contributed by atoms with E-state index in [2.05, 4.69) is 23.5 Å². The maximum atomic E-state index is 5.91. The number of ether oxygens (including phenoxy) is 1. The Kier molecular flexibility index (Phi) is 3.04. The van der Waals surface area contributed by atoms with Gasteiger partial charge >= 0.3 is 0 Å². The average molecular weight is 232 g/mol. The third kappa shape index (κ3) is 2.45. The van der Waals surface area contributed by atoms with Gasteiger partial charge in [0.25, 0.3) is 0 Å². The number of fused-ring (bicyclic) bond motifs is 1. The van der Waals surface area contributed by atoms with Crippen LogP contribution in [0, 0.1) is 0 Å². The molecule has 0 aromatic heterocycles. The zero-order valence-electron chi connectivity index (χ0n) is 10.1. The van der Waals surface area contributed by atoms with Crippen LogP contribution in [0.2, 0.25) is 0 Å². The molecule has 1 fully saturated rings. The average Bonchev–Trinajstić information content (AvgIpc) is 2.91. The van der Waals surface area contributed by atoms with Gasteiger partial charge in [0, 0.05) is 25.0 Å². The molecule has 3 nitrogen and oxygen atoms in total. The van der Waals surface area contributed by atoms with Crippen molar-refractivity contribution in [3.8, 4) is 5.75 Å². The molecule has 0 radical (unpaired) electrons. The van der Waals surface area contributed by atoms with Crippen molar-refractivity contribution in [3.63, 3.8) is 0 Å². The number of nitrogens with one attached hydrogen (secondary N) is 1. The van der Waals surface area contributed by atoms with Crippen LogP contribution in [0.15, 0.2) is 24.3 Å². The van der Waals surface area contributed by atoms with Gasteiger partial charge in [-0.15, -0.1) is 0 Å². The van der Waals surface area contributed by atoms with Gasteiger partial charge in [0.15, 0.2) is 0 Å². The highest BCUT2D eigenvalue weighted by Crippen LogP contribution is 2.28. The van der Waals surface area contributed by atoms with Gasteiger partial charge in [-0.2, -0.15) is 0 Å². The lowest BCUT2D eigenvalue weighted by Gasteiger charge is -2.16. The summed E-state index contributed by atoms with van der Waals surface area (Å²) >= 11 is 0. The van der Waals surface area contributed by atoms with Crippen LogP contribution in [0.3, 0.4) is 0 Å². The maximum Gasteiger partial charge on any atom is 0.123 e. The molecule has 1 aliphatic carbocycles. The Morgan fingerprint density at radius 2 is 2.18 bits per heavy atom. The molecule has 3 rings (SSSR count). The minimum Gasteiger partial charge on any atom is -0.488 e. The van der Waals surface area contributed by atoms with Gasteiger partial charge in [-0.05, 0) is 30.9 Å². The van der Waals surface area contributed by atoms with E-state index in [9.17, 15) is 0 Å². The standard InChI is InChI=1S/C14H20N2O/c15-11-5-6-12(8-11)16-9-13-7-10-3-1-2-4-14(10)17-13/h1-4,11-13,16H,5-9,15H2. The molecule has 1 aromatic carbocycles. The predicted molar refractivity (Wildman–Crippen MR) is 68.2 cm³/mol. The number of rotatable bonds is 3. The molecular weight excluding hydrogens is 212 g/mol. The van der Waals surface area contributed by atoms with Crippen LogP contribution in [-0.2, 0) is 6.42 Å². The summed E-state index contributed by atoms with van der Waals surface area (Å²) in [5.74, 6) is 1.06. The van der Waals surface area contributed by atoms with E-state index in [1.54, 1.807) is 0 Å². The molecule has 92 valence electrons. The molecule has 1 heterocycles. The molecule has 1 aliphatic heterocycles. The van der Waals surface area contributed by atoms with Crippen LogP contribution in [0.25, 0.3) is 0 Å². The van der Waals surface area contributed by atoms with Crippen molar-refractivity contribution in [1.29, 1.82) is 0 Å². The van der Waals surface area contributed by atoms with Gasteiger partial charge in [-0.1, -0.05) is 18.2 Å². The minimum absolute atomic E-state index is 0.296. The van der Waals surface area contributed by atoms with Crippen LogP contribution >= 0.6 is 0 Å². The summed E-state index contributed by atoms with van der Waals surface area (Å²) in [6, 6.07) is 9.31. The minimum atomic E-state index is 0.296. The van der Waals surface area contributed by atoms with Crippen molar-refractivity contribution in [2.45, 2.75) is 43.9 Å². The molecule has 3 heteroatoms. The number of hydrogen-bond donors (Lipinski definition) is 2. The highest BCUT2D eigenvalue weighted by atomic mass is 16.5. The lowest BCUT2D eigenvalue weighted by Crippen LogP contribution is -2.36. The van der Waals surface area contributed by atoms with Crippen LogP contribution in [0.1, 0.15) is 24.8 Å². The summed E-state index contributed by atoms with van der Waals surface area (Å²) in [5, 5.41) is 3.58. The highest BCUT2D eigenvalue weighted by molar-refractivity contribution is 5.37. The Morgan fingerprint density at radius 3 is 2.94 bits per heavy atom. The third-order valence-electron chi connectivity index (χ3n) is 3.82. The summed E-state index contributed by atoms with van der Waals surface area (Å²) in [6.45, 7) is 0.937. The molecular formula is C14H20N2O. The normalized spacial score (nSPS) is 31.2. The third-order valence-corrected chi connectivity index (χ3v) is 3.82. The Balaban J connectivity index is 1.49. The van der Waals surface area contributed by atoms with E-state index in [-0.39, 0.29) is 0 Å². The van der Waals surface area contributed by atoms with Gasteiger partial charge in [-0.25, -0.2) is 0 Å². The quantitative estimate of drug-likeness (QED) is 0.829. The molecule has 0 bridgehead atoms. The first-order chi connectivity index (χ1) is 8.31. The van der Waals surface area contributed by atoms with Gasteiger partial charge in [0.1, 0.15) is 11.9 Å². The molecule has 0 spiro atoms. The predicted octanol–water partition coefficient (Wildman–Crippen LogP) is 1.46. The zero-order chi connectivity index (χ0) is 11.7. The van der Waals surface area contributed by atoms with E-state index < -0.39 is 0 Å². The van der Waals surface area contributed by atoms with Gasteiger partial charge in [0.05, 0.1) is 0 Å². The van der Waals surface area contributed by atoms with Crippen molar-refractivity contribution in [2.24, 2.45) is 5.73 Å². The van der Waals surface area contributed by atoms with E-state index in [0.29, 0.717) is 18.2 Å². The smallest absolute Gasteiger partial charge is 0.123 e. The van der Waals surface area contributed by atoms with E-state index >= 15 is 0 Å². The Bertz CT molecular complexity index is 369. The Hall–Kier alpha value is -1.06. The van der Waals surface area contributed by atoms with Crippen LogP contribution in [0.4, 0.5) is 0 Å². The lowest BCUT2D eigenvalue weighted by atomic mass is 10.1. The summed E-state index contributed by atoms with van der Waals surface area (Å²) in [6.07, 6.45) is 4.80. The summed E-state index contributed by atoms with van der Waals surface area (Å²) in [7, 11) is 0. The molecule has 3 N–H and O–H groups in total. The fourth-order valence-electron chi connectivity index (χ4n) is 2.87. The van der Waals surface area contributed by atoms with Crippen molar-refractivity contribution in [3.05, 3.63) is 29.8 Å². The van der Waals surface area contributed by atoms with Gasteiger partial charge in [0.2, 0.25) is 0 Å². The molecule has 0 saturated heterocycles. The van der Waals surface area contributed by atoms with Crippen molar-refractivity contribution in [2.75, 3.05) is 6.54 Å². The highest BCUT2D eigenvalue weighted by Gasteiger charge is 2.25. The topological polar surface area (TPSA) is 47.3 Å². The number of para-hydroxylation sites is 1. The number of benzene rings is 1. The van der Waals surface area contributed by atoms with Crippen molar-refractivity contribution < 1.29 is 4.74 Å². The van der Waals surface area contributed by atoms with Crippen LogP contribution < -0.4 is 15.8 Å². The Labute approximate surface area is 102 Å². The molecule has 2 aliphatic rings. The van der Waals surface area contributed by atoms with E-state index in [4.69, 9.17) is 10.5 Å². The van der Waals surface area contributed by atoms with Crippen molar-refractivity contribution in [1.82, 2.24) is 5.32 Å². The summed E-state index contributed by atoms with van der Waals surface area (Å²) in [4.78, 5) is 0. The van der Waals surface area contributed by atoms with Gasteiger partial charge < -0.3 is 15.8 Å². The SMILES string of the molecule is NC1CCC(NCC2Cc3ccccc3O2)C1. The maximum absolute atomic E-state index is 5.91. The molecule has 3 atom stereocenters. The second-order valence-electron chi connectivity index (χ2n) is 5.23.